The Labute approximate surface area is 105 Å². The number of hydrogen-bond acceptors (Lipinski definition) is 6. The Hall–Kier alpha value is -2.24. The summed E-state index contributed by atoms with van der Waals surface area (Å²) in [5.74, 6) is 1.05. The van der Waals surface area contributed by atoms with Gasteiger partial charge in [0, 0.05) is 24.0 Å². The first kappa shape index (κ1) is 12.2. The molecular formula is C12H15N5O. The van der Waals surface area contributed by atoms with Crippen LogP contribution in [0.2, 0.25) is 0 Å². The smallest absolute Gasteiger partial charge is 0.321 e. The maximum Gasteiger partial charge on any atom is 0.321 e. The van der Waals surface area contributed by atoms with Crippen LogP contribution in [-0.4, -0.2) is 33.6 Å². The fraction of sp³-hybridized carbons (Fsp3) is 0.333. The molecule has 0 aromatic carbocycles. The molecule has 0 bridgehead atoms. The average Bonchev–Trinajstić information content (AvgIpc) is 2.39. The standard InChI is InChI=1S/C12H15N5O/c1-4-13-11-15-10(16-12(17-11)18-3)9-6-5-8(2)14-7-9/h5-7H,4H2,1-3H3,(H,13,15,16,17). The van der Waals surface area contributed by atoms with Crippen molar-refractivity contribution in [1.82, 2.24) is 19.9 Å². The van der Waals surface area contributed by atoms with Gasteiger partial charge in [-0.2, -0.15) is 15.0 Å². The van der Waals surface area contributed by atoms with Crippen LogP contribution in [0.3, 0.4) is 0 Å². The Morgan fingerprint density at radius 2 is 2.06 bits per heavy atom. The number of nitrogens with zero attached hydrogens (tertiary/aromatic N) is 4. The molecule has 0 amide bonds. The van der Waals surface area contributed by atoms with Gasteiger partial charge in [0.15, 0.2) is 5.82 Å². The second-order valence-electron chi connectivity index (χ2n) is 3.69. The van der Waals surface area contributed by atoms with Gasteiger partial charge in [-0.3, -0.25) is 4.98 Å². The molecule has 2 aromatic heterocycles. The second kappa shape index (κ2) is 5.39. The lowest BCUT2D eigenvalue weighted by Crippen LogP contribution is -2.06. The van der Waals surface area contributed by atoms with Crippen molar-refractivity contribution in [2.75, 3.05) is 19.0 Å². The predicted molar refractivity (Wildman–Crippen MR) is 68.5 cm³/mol. The molecule has 6 nitrogen and oxygen atoms in total. The molecule has 0 saturated heterocycles. The normalized spacial score (nSPS) is 10.2. The highest BCUT2D eigenvalue weighted by Gasteiger charge is 2.08. The van der Waals surface area contributed by atoms with Gasteiger partial charge in [0.1, 0.15) is 0 Å². The second-order valence-corrected chi connectivity index (χ2v) is 3.69. The molecule has 0 aliphatic carbocycles. The number of aromatic nitrogens is 4. The van der Waals surface area contributed by atoms with Crippen LogP contribution < -0.4 is 10.1 Å². The van der Waals surface area contributed by atoms with Crippen molar-refractivity contribution in [1.29, 1.82) is 0 Å². The summed E-state index contributed by atoms with van der Waals surface area (Å²) < 4.78 is 5.06. The van der Waals surface area contributed by atoms with Gasteiger partial charge in [-0.15, -0.1) is 0 Å². The highest BCUT2D eigenvalue weighted by Crippen LogP contribution is 2.17. The number of hydrogen-bond donors (Lipinski definition) is 1. The third-order valence-corrected chi connectivity index (χ3v) is 2.30. The zero-order valence-corrected chi connectivity index (χ0v) is 10.6. The molecular weight excluding hydrogens is 230 g/mol. The number of rotatable bonds is 4. The first-order chi connectivity index (χ1) is 8.72. The van der Waals surface area contributed by atoms with Gasteiger partial charge in [0.25, 0.3) is 0 Å². The number of pyridine rings is 1. The Morgan fingerprint density at radius 1 is 1.22 bits per heavy atom. The summed E-state index contributed by atoms with van der Waals surface area (Å²) >= 11 is 0. The zero-order valence-electron chi connectivity index (χ0n) is 10.6. The van der Waals surface area contributed by atoms with E-state index in [9.17, 15) is 0 Å². The van der Waals surface area contributed by atoms with Crippen molar-refractivity contribution in [3.63, 3.8) is 0 Å². The molecule has 0 fully saturated rings. The van der Waals surface area contributed by atoms with E-state index < -0.39 is 0 Å². The molecule has 0 atom stereocenters. The highest BCUT2D eigenvalue weighted by molar-refractivity contribution is 5.55. The lowest BCUT2D eigenvalue weighted by Gasteiger charge is -2.06. The van der Waals surface area contributed by atoms with Crippen LogP contribution in [0.15, 0.2) is 18.3 Å². The van der Waals surface area contributed by atoms with E-state index in [4.69, 9.17) is 4.74 Å². The molecule has 6 heteroatoms. The summed E-state index contributed by atoms with van der Waals surface area (Å²) in [6.45, 7) is 4.64. The SMILES string of the molecule is CCNc1nc(OC)nc(-c2ccc(C)nc2)n1. The van der Waals surface area contributed by atoms with Gasteiger partial charge in [-0.1, -0.05) is 0 Å². The Kier molecular flexibility index (Phi) is 3.66. The molecule has 2 rings (SSSR count). The van der Waals surface area contributed by atoms with E-state index in [-0.39, 0.29) is 6.01 Å². The van der Waals surface area contributed by atoms with Crippen molar-refractivity contribution in [2.24, 2.45) is 0 Å². The number of ether oxygens (including phenoxy) is 1. The monoisotopic (exact) mass is 245 g/mol. The van der Waals surface area contributed by atoms with Crippen molar-refractivity contribution in [3.8, 4) is 17.4 Å². The van der Waals surface area contributed by atoms with Crippen LogP contribution in [0.4, 0.5) is 5.95 Å². The fourth-order valence-electron chi connectivity index (χ4n) is 1.41. The van der Waals surface area contributed by atoms with E-state index in [1.807, 2.05) is 26.0 Å². The molecule has 2 aromatic rings. The van der Waals surface area contributed by atoms with Gasteiger partial charge in [0.05, 0.1) is 7.11 Å². The summed E-state index contributed by atoms with van der Waals surface area (Å²) in [5, 5.41) is 3.04. The summed E-state index contributed by atoms with van der Waals surface area (Å²) in [7, 11) is 1.53. The van der Waals surface area contributed by atoms with Gasteiger partial charge in [-0.25, -0.2) is 0 Å². The molecule has 2 heterocycles. The minimum absolute atomic E-state index is 0.288. The maximum absolute atomic E-state index is 5.06. The Morgan fingerprint density at radius 3 is 2.67 bits per heavy atom. The summed E-state index contributed by atoms with van der Waals surface area (Å²) in [4.78, 5) is 16.9. The van der Waals surface area contributed by atoms with Crippen LogP contribution in [0.5, 0.6) is 6.01 Å². The van der Waals surface area contributed by atoms with E-state index >= 15 is 0 Å². The van der Waals surface area contributed by atoms with Crippen LogP contribution in [0, 0.1) is 6.92 Å². The first-order valence-electron chi connectivity index (χ1n) is 5.70. The maximum atomic E-state index is 5.06. The van der Waals surface area contributed by atoms with E-state index in [2.05, 4.69) is 25.3 Å². The minimum Gasteiger partial charge on any atom is -0.467 e. The van der Waals surface area contributed by atoms with Crippen molar-refractivity contribution >= 4 is 5.95 Å². The number of anilines is 1. The summed E-state index contributed by atoms with van der Waals surface area (Å²) in [5.41, 5.74) is 1.78. The lowest BCUT2D eigenvalue weighted by molar-refractivity contribution is 0.379. The molecule has 18 heavy (non-hydrogen) atoms. The quantitative estimate of drug-likeness (QED) is 0.883. The Balaban J connectivity index is 2.42. The van der Waals surface area contributed by atoms with Gasteiger partial charge in [-0.05, 0) is 26.0 Å². The van der Waals surface area contributed by atoms with Gasteiger partial charge in [0.2, 0.25) is 5.95 Å². The lowest BCUT2D eigenvalue weighted by atomic mass is 10.2. The van der Waals surface area contributed by atoms with Crippen LogP contribution in [0.1, 0.15) is 12.6 Å². The van der Waals surface area contributed by atoms with Crippen molar-refractivity contribution < 1.29 is 4.74 Å². The molecule has 0 aliphatic heterocycles. The first-order valence-corrected chi connectivity index (χ1v) is 5.70. The number of aryl methyl sites for hydroxylation is 1. The third kappa shape index (κ3) is 2.71. The highest BCUT2D eigenvalue weighted by atomic mass is 16.5. The zero-order chi connectivity index (χ0) is 13.0. The molecule has 0 saturated carbocycles. The van der Waals surface area contributed by atoms with Crippen molar-refractivity contribution in [2.45, 2.75) is 13.8 Å². The topological polar surface area (TPSA) is 72.8 Å². The molecule has 0 radical (unpaired) electrons. The minimum atomic E-state index is 0.288. The van der Waals surface area contributed by atoms with E-state index in [0.29, 0.717) is 11.8 Å². The average molecular weight is 245 g/mol. The largest absolute Gasteiger partial charge is 0.467 e. The molecule has 1 N–H and O–H groups in total. The fourth-order valence-corrected chi connectivity index (χ4v) is 1.41. The number of methoxy groups -OCH3 is 1. The molecule has 0 unspecified atom stereocenters. The number of nitrogens with one attached hydrogen (secondary N) is 1. The van der Waals surface area contributed by atoms with Gasteiger partial charge < -0.3 is 10.1 Å². The van der Waals surface area contributed by atoms with E-state index in [1.165, 1.54) is 7.11 Å². The van der Waals surface area contributed by atoms with Crippen molar-refractivity contribution in [3.05, 3.63) is 24.0 Å². The van der Waals surface area contributed by atoms with Crippen LogP contribution in [0.25, 0.3) is 11.4 Å². The summed E-state index contributed by atoms with van der Waals surface area (Å²) in [6, 6.07) is 4.13. The van der Waals surface area contributed by atoms with E-state index in [0.717, 1.165) is 17.8 Å². The predicted octanol–water partition coefficient (Wildman–Crippen LogP) is 1.68. The third-order valence-electron chi connectivity index (χ3n) is 2.30. The van der Waals surface area contributed by atoms with Crippen LogP contribution in [-0.2, 0) is 0 Å². The molecule has 94 valence electrons. The Bertz CT molecular complexity index is 526. The molecule has 0 aliphatic rings. The summed E-state index contributed by atoms with van der Waals surface area (Å²) in [6.07, 6.45) is 1.74. The van der Waals surface area contributed by atoms with E-state index in [1.54, 1.807) is 6.20 Å². The van der Waals surface area contributed by atoms with Gasteiger partial charge >= 0.3 is 6.01 Å². The molecule has 0 spiro atoms. The van der Waals surface area contributed by atoms with Crippen LogP contribution >= 0.6 is 0 Å².